The average Bonchev–Trinajstić information content (AvgIpc) is 2.38. The first-order chi connectivity index (χ1) is 9.02. The Morgan fingerprint density at radius 3 is 2.47 bits per heavy atom. The molecule has 4 heteroatoms. The summed E-state index contributed by atoms with van der Waals surface area (Å²) in [5.74, 6) is -0.159. The van der Waals surface area contributed by atoms with E-state index in [4.69, 9.17) is 0 Å². The van der Waals surface area contributed by atoms with Gasteiger partial charge in [-0.2, -0.15) is 5.26 Å². The average molecular weight is 255 g/mol. The number of amides is 1. The molecular weight excluding hydrogens is 238 g/mol. The van der Waals surface area contributed by atoms with Crippen molar-refractivity contribution in [3.05, 3.63) is 41.1 Å². The molecule has 0 fully saturated rings. The standard InChI is InChI=1S/C15H17N3O/c1-10-14(9-16)13(8-15(19)17-10)11-4-6-12(7-5-11)18(2)3/h4-7,13H,8H2,1-3H3,(H,17,19). The molecule has 1 N–H and O–H groups in total. The topological polar surface area (TPSA) is 56.1 Å². The van der Waals surface area contributed by atoms with Crippen molar-refractivity contribution in [3.63, 3.8) is 0 Å². The van der Waals surface area contributed by atoms with Gasteiger partial charge in [-0.25, -0.2) is 0 Å². The van der Waals surface area contributed by atoms with Crippen LogP contribution in [0, 0.1) is 11.3 Å². The lowest BCUT2D eigenvalue weighted by Gasteiger charge is -2.24. The third kappa shape index (κ3) is 2.60. The Bertz CT molecular complexity index is 564. The molecule has 1 atom stereocenters. The van der Waals surface area contributed by atoms with Crippen LogP contribution in [-0.2, 0) is 4.79 Å². The van der Waals surface area contributed by atoms with Crippen molar-refractivity contribution >= 4 is 11.6 Å². The summed E-state index contributed by atoms with van der Waals surface area (Å²) in [6, 6.07) is 10.2. The van der Waals surface area contributed by atoms with Crippen LogP contribution in [-0.4, -0.2) is 20.0 Å². The van der Waals surface area contributed by atoms with Crippen LogP contribution in [0.25, 0.3) is 0 Å². The lowest BCUT2D eigenvalue weighted by molar-refractivity contribution is -0.121. The predicted molar refractivity (Wildman–Crippen MR) is 74.6 cm³/mol. The Balaban J connectivity index is 2.37. The quantitative estimate of drug-likeness (QED) is 0.881. The fraction of sp³-hybridized carbons (Fsp3) is 0.333. The minimum absolute atomic E-state index is 0.0295. The number of carbonyl (C=O) groups is 1. The molecule has 1 amide bonds. The van der Waals surface area contributed by atoms with Gasteiger partial charge in [0.25, 0.3) is 0 Å². The van der Waals surface area contributed by atoms with Gasteiger partial charge in [0.1, 0.15) is 0 Å². The zero-order chi connectivity index (χ0) is 14.0. The van der Waals surface area contributed by atoms with E-state index in [1.54, 1.807) is 6.92 Å². The molecule has 4 nitrogen and oxygen atoms in total. The van der Waals surface area contributed by atoms with Gasteiger partial charge in [-0.15, -0.1) is 0 Å². The number of anilines is 1. The van der Waals surface area contributed by atoms with Crippen LogP contribution in [0.4, 0.5) is 5.69 Å². The molecule has 0 bridgehead atoms. The summed E-state index contributed by atoms with van der Waals surface area (Å²) in [6.07, 6.45) is 0.335. The van der Waals surface area contributed by atoms with Crippen molar-refractivity contribution in [3.8, 4) is 6.07 Å². The molecule has 1 aromatic rings. The number of nitrogens with zero attached hydrogens (tertiary/aromatic N) is 2. The Morgan fingerprint density at radius 2 is 1.95 bits per heavy atom. The van der Waals surface area contributed by atoms with Gasteiger partial charge in [-0.1, -0.05) is 12.1 Å². The second kappa shape index (κ2) is 5.15. The molecule has 0 saturated heterocycles. The molecule has 98 valence electrons. The summed E-state index contributed by atoms with van der Waals surface area (Å²) in [7, 11) is 3.96. The van der Waals surface area contributed by atoms with Crippen molar-refractivity contribution in [2.24, 2.45) is 0 Å². The van der Waals surface area contributed by atoms with E-state index < -0.39 is 0 Å². The maximum Gasteiger partial charge on any atom is 0.225 e. The second-order valence-corrected chi connectivity index (χ2v) is 4.94. The zero-order valence-corrected chi connectivity index (χ0v) is 11.4. The Morgan fingerprint density at radius 1 is 1.32 bits per heavy atom. The Labute approximate surface area is 113 Å². The maximum atomic E-state index is 11.6. The van der Waals surface area contributed by atoms with Crippen molar-refractivity contribution < 1.29 is 4.79 Å². The number of nitriles is 1. The van der Waals surface area contributed by atoms with Gasteiger partial charge < -0.3 is 10.2 Å². The summed E-state index contributed by atoms with van der Waals surface area (Å²) in [5.41, 5.74) is 3.43. The number of carbonyl (C=O) groups excluding carboxylic acids is 1. The van der Waals surface area contributed by atoms with Gasteiger partial charge in [0.2, 0.25) is 5.91 Å². The lowest BCUT2D eigenvalue weighted by atomic mass is 9.85. The van der Waals surface area contributed by atoms with E-state index in [-0.39, 0.29) is 11.8 Å². The van der Waals surface area contributed by atoms with Crippen molar-refractivity contribution in [1.82, 2.24) is 5.32 Å². The summed E-state index contributed by atoms with van der Waals surface area (Å²) in [5, 5.41) is 12.0. The van der Waals surface area contributed by atoms with Gasteiger partial charge in [-0.05, 0) is 24.6 Å². The monoisotopic (exact) mass is 255 g/mol. The molecule has 0 radical (unpaired) electrons. The third-order valence-electron chi connectivity index (χ3n) is 3.40. The van der Waals surface area contributed by atoms with Gasteiger partial charge >= 0.3 is 0 Å². The normalized spacial score (nSPS) is 18.8. The second-order valence-electron chi connectivity index (χ2n) is 4.94. The van der Waals surface area contributed by atoms with Gasteiger partial charge in [-0.3, -0.25) is 4.79 Å². The van der Waals surface area contributed by atoms with Crippen LogP contribution in [0.3, 0.4) is 0 Å². The molecule has 19 heavy (non-hydrogen) atoms. The zero-order valence-electron chi connectivity index (χ0n) is 11.4. The first kappa shape index (κ1) is 13.2. The summed E-state index contributed by atoms with van der Waals surface area (Å²) in [4.78, 5) is 13.6. The van der Waals surface area contributed by atoms with E-state index >= 15 is 0 Å². The Hall–Kier alpha value is -2.28. The minimum Gasteiger partial charge on any atom is -0.378 e. The van der Waals surface area contributed by atoms with Crippen LogP contribution in [0.15, 0.2) is 35.5 Å². The smallest absolute Gasteiger partial charge is 0.225 e. The molecule has 1 heterocycles. The van der Waals surface area contributed by atoms with E-state index in [1.807, 2.05) is 43.3 Å². The molecule has 1 aromatic carbocycles. The van der Waals surface area contributed by atoms with Gasteiger partial charge in [0, 0.05) is 37.8 Å². The number of benzene rings is 1. The highest BCUT2D eigenvalue weighted by Gasteiger charge is 2.27. The first-order valence-corrected chi connectivity index (χ1v) is 6.21. The third-order valence-corrected chi connectivity index (χ3v) is 3.40. The fourth-order valence-electron chi connectivity index (χ4n) is 2.33. The van der Waals surface area contributed by atoms with E-state index in [2.05, 4.69) is 11.4 Å². The number of rotatable bonds is 2. The molecule has 0 aliphatic carbocycles. The number of allylic oxidation sites excluding steroid dienone is 2. The molecular formula is C15H17N3O. The van der Waals surface area contributed by atoms with Crippen LogP contribution in [0.5, 0.6) is 0 Å². The summed E-state index contributed by atoms with van der Waals surface area (Å²) < 4.78 is 0. The Kier molecular flexibility index (Phi) is 3.57. The highest BCUT2D eigenvalue weighted by molar-refractivity contribution is 5.82. The van der Waals surface area contributed by atoms with E-state index in [9.17, 15) is 10.1 Å². The van der Waals surface area contributed by atoms with Crippen molar-refractivity contribution in [1.29, 1.82) is 5.26 Å². The van der Waals surface area contributed by atoms with Crippen LogP contribution < -0.4 is 10.2 Å². The fourth-order valence-corrected chi connectivity index (χ4v) is 2.33. The molecule has 2 rings (SSSR count). The maximum absolute atomic E-state index is 11.6. The molecule has 0 aromatic heterocycles. The SMILES string of the molecule is CC1=C(C#N)C(c2ccc(N(C)C)cc2)CC(=O)N1. The summed E-state index contributed by atoms with van der Waals surface area (Å²) in [6.45, 7) is 1.77. The first-order valence-electron chi connectivity index (χ1n) is 6.21. The molecule has 1 unspecified atom stereocenters. The van der Waals surface area contributed by atoms with E-state index in [1.165, 1.54) is 0 Å². The minimum atomic E-state index is -0.130. The lowest BCUT2D eigenvalue weighted by Crippen LogP contribution is -2.30. The van der Waals surface area contributed by atoms with Gasteiger partial charge in [0.15, 0.2) is 0 Å². The largest absolute Gasteiger partial charge is 0.378 e. The van der Waals surface area contributed by atoms with E-state index in [0.29, 0.717) is 17.7 Å². The van der Waals surface area contributed by atoms with Crippen LogP contribution in [0.1, 0.15) is 24.8 Å². The highest BCUT2D eigenvalue weighted by atomic mass is 16.1. The number of nitrogens with one attached hydrogen (secondary N) is 1. The van der Waals surface area contributed by atoms with Gasteiger partial charge in [0.05, 0.1) is 11.6 Å². The molecule has 1 aliphatic heterocycles. The number of hydrogen-bond acceptors (Lipinski definition) is 3. The molecule has 1 aliphatic rings. The molecule has 0 spiro atoms. The van der Waals surface area contributed by atoms with Crippen molar-refractivity contribution in [2.45, 2.75) is 19.3 Å². The van der Waals surface area contributed by atoms with Crippen molar-refractivity contribution in [2.75, 3.05) is 19.0 Å². The molecule has 0 saturated carbocycles. The van der Waals surface area contributed by atoms with Crippen LogP contribution in [0.2, 0.25) is 0 Å². The van der Waals surface area contributed by atoms with Crippen LogP contribution >= 0.6 is 0 Å². The predicted octanol–water partition coefficient (Wildman–Crippen LogP) is 2.15. The van der Waals surface area contributed by atoms with E-state index in [0.717, 1.165) is 11.3 Å². The number of hydrogen-bond donors (Lipinski definition) is 1. The summed E-state index contributed by atoms with van der Waals surface area (Å²) >= 11 is 0. The highest BCUT2D eigenvalue weighted by Crippen LogP contribution is 2.32.